The summed E-state index contributed by atoms with van der Waals surface area (Å²) in [5, 5.41) is 11.9. The number of thiol groups is 1. The largest absolute Gasteiger partial charge is 0.396 e. The summed E-state index contributed by atoms with van der Waals surface area (Å²) < 4.78 is 0.629. The van der Waals surface area contributed by atoms with Crippen molar-refractivity contribution in [2.24, 2.45) is 0 Å². The van der Waals surface area contributed by atoms with E-state index in [4.69, 9.17) is 17.3 Å². The van der Waals surface area contributed by atoms with Crippen LogP contribution in [0.1, 0.15) is 231 Å². The van der Waals surface area contributed by atoms with E-state index in [-0.39, 0.29) is 0 Å². The van der Waals surface area contributed by atoms with Crippen LogP contribution in [0.5, 0.6) is 0 Å². The molecule has 0 bridgehead atoms. The summed E-state index contributed by atoms with van der Waals surface area (Å²) in [6.45, 7) is 1.36. The lowest BCUT2D eigenvalue weighted by atomic mass is 10.0. The fourth-order valence-corrected chi connectivity index (χ4v) is 6.66. The molecule has 0 unspecified atom stereocenters. The molecule has 43 heavy (non-hydrogen) atoms. The van der Waals surface area contributed by atoms with Gasteiger partial charge in [-0.15, -0.1) is 12.6 Å². The molecular formula is C39H79NOS2. The molecule has 0 aromatic carbocycles. The second kappa shape index (κ2) is 40.2. The minimum absolute atomic E-state index is 0.372. The van der Waals surface area contributed by atoms with Crippen LogP contribution in [-0.4, -0.2) is 22.6 Å². The molecule has 0 spiro atoms. The molecule has 0 radical (unpaired) electrons. The second-order valence-corrected chi connectivity index (χ2v) is 14.8. The highest BCUT2D eigenvalue weighted by molar-refractivity contribution is 8.11. The van der Waals surface area contributed by atoms with Crippen molar-refractivity contribution in [3.8, 4) is 0 Å². The van der Waals surface area contributed by atoms with Gasteiger partial charge in [-0.2, -0.15) is 0 Å². The summed E-state index contributed by atoms with van der Waals surface area (Å²) >= 11 is 8.99. The molecule has 0 fully saturated rings. The quantitative estimate of drug-likeness (QED) is 0.0356. The number of thiocarbonyl (C=S) groups is 1. The first-order valence-corrected chi connectivity index (χ1v) is 20.7. The molecule has 0 aromatic rings. The predicted molar refractivity (Wildman–Crippen MR) is 203 cm³/mol. The van der Waals surface area contributed by atoms with Crippen LogP contribution in [0, 0.1) is 0 Å². The minimum atomic E-state index is 0.372. The first kappa shape index (κ1) is 43.2. The summed E-state index contributed by atoms with van der Waals surface area (Å²) in [6, 6.07) is 0. The van der Waals surface area contributed by atoms with E-state index >= 15 is 0 Å². The molecule has 0 amide bonds. The van der Waals surface area contributed by atoms with Crippen molar-refractivity contribution in [2.75, 3.05) is 13.2 Å². The number of hydrogen-bond donors (Lipinski definition) is 3. The van der Waals surface area contributed by atoms with E-state index in [9.17, 15) is 0 Å². The maximum Gasteiger partial charge on any atom is 0.130 e. The average Bonchev–Trinajstić information content (AvgIpc) is 3.00. The van der Waals surface area contributed by atoms with Crippen LogP contribution in [0.15, 0.2) is 0 Å². The van der Waals surface area contributed by atoms with Crippen molar-refractivity contribution in [3.05, 3.63) is 0 Å². The van der Waals surface area contributed by atoms with Gasteiger partial charge < -0.3 is 10.4 Å². The van der Waals surface area contributed by atoms with E-state index in [1.165, 1.54) is 225 Å². The molecule has 4 heteroatoms. The van der Waals surface area contributed by atoms with Gasteiger partial charge in [-0.05, 0) is 12.8 Å². The van der Waals surface area contributed by atoms with Crippen molar-refractivity contribution in [2.45, 2.75) is 231 Å². The van der Waals surface area contributed by atoms with Gasteiger partial charge in [0.1, 0.15) is 4.32 Å². The lowest BCUT2D eigenvalue weighted by Gasteiger charge is -2.05. The van der Waals surface area contributed by atoms with Crippen LogP contribution < -0.4 is 5.32 Å². The number of rotatable bonds is 38. The Kier molecular flexibility index (Phi) is 40.4. The molecule has 2 nitrogen and oxygen atoms in total. The molecule has 0 aliphatic rings. The number of aliphatic hydroxyl groups is 1. The SMILES string of the molecule is OCCCCCCCCCCCCCCCCCCCCCCCCCCCCCCCCCCCCCCNC(=S)S. The molecule has 0 aliphatic carbocycles. The van der Waals surface area contributed by atoms with Gasteiger partial charge in [0.2, 0.25) is 0 Å². The fourth-order valence-electron chi connectivity index (χ4n) is 6.44. The Morgan fingerprint density at radius 3 is 0.651 bits per heavy atom. The van der Waals surface area contributed by atoms with Gasteiger partial charge in [-0.3, -0.25) is 0 Å². The Balaban J connectivity index is 3.03. The summed E-state index contributed by atoms with van der Waals surface area (Å²) in [7, 11) is 0. The Morgan fingerprint density at radius 1 is 0.326 bits per heavy atom. The molecule has 0 heterocycles. The molecular weight excluding hydrogens is 563 g/mol. The highest BCUT2D eigenvalue weighted by Gasteiger charge is 1.98. The Bertz CT molecular complexity index is 515. The van der Waals surface area contributed by atoms with Crippen molar-refractivity contribution >= 4 is 29.2 Å². The minimum Gasteiger partial charge on any atom is -0.396 e. The van der Waals surface area contributed by atoms with Gasteiger partial charge in [0.05, 0.1) is 0 Å². The van der Waals surface area contributed by atoms with Crippen LogP contribution in [-0.2, 0) is 0 Å². The molecule has 2 N–H and O–H groups in total. The van der Waals surface area contributed by atoms with E-state index < -0.39 is 0 Å². The maximum absolute atomic E-state index is 8.80. The monoisotopic (exact) mass is 642 g/mol. The van der Waals surface area contributed by atoms with Crippen LogP contribution in [0.3, 0.4) is 0 Å². The summed E-state index contributed by atoms with van der Waals surface area (Å²) in [5.74, 6) is 0. The predicted octanol–water partition coefficient (Wildman–Crippen LogP) is 13.8. The van der Waals surface area contributed by atoms with Gasteiger partial charge in [-0.1, -0.05) is 231 Å². The Labute approximate surface area is 282 Å². The summed E-state index contributed by atoms with van der Waals surface area (Å²) in [4.78, 5) is 0. The van der Waals surface area contributed by atoms with E-state index in [1.807, 2.05) is 0 Å². The van der Waals surface area contributed by atoms with Crippen molar-refractivity contribution < 1.29 is 5.11 Å². The third-order valence-corrected chi connectivity index (χ3v) is 9.66. The summed E-state index contributed by atoms with van der Waals surface area (Å²) in [6.07, 6.45) is 51.2. The van der Waals surface area contributed by atoms with E-state index in [1.54, 1.807) is 0 Å². The zero-order chi connectivity index (χ0) is 31.2. The number of nitrogens with one attached hydrogen (secondary N) is 1. The summed E-state index contributed by atoms with van der Waals surface area (Å²) in [5.41, 5.74) is 0. The molecule has 0 atom stereocenters. The number of aliphatic hydroxyl groups excluding tert-OH is 1. The standard InChI is InChI=1S/C39H79NOS2/c41-38-36-34-32-30-28-26-24-22-20-18-16-14-12-10-8-6-4-2-1-3-5-7-9-11-13-15-17-19-21-23-25-27-29-31-33-35-37-40-39(42)43/h41H,1-38H2,(H2,40,42,43). The molecule has 0 saturated carbocycles. The van der Waals surface area contributed by atoms with E-state index in [0.717, 1.165) is 13.0 Å². The van der Waals surface area contributed by atoms with Crippen molar-refractivity contribution in [1.29, 1.82) is 0 Å². The van der Waals surface area contributed by atoms with Crippen molar-refractivity contribution in [3.63, 3.8) is 0 Å². The highest BCUT2D eigenvalue weighted by Crippen LogP contribution is 2.17. The molecule has 258 valence electrons. The molecule has 0 saturated heterocycles. The highest BCUT2D eigenvalue weighted by atomic mass is 32.1. The van der Waals surface area contributed by atoms with Crippen LogP contribution >= 0.6 is 24.8 Å². The second-order valence-electron chi connectivity index (χ2n) is 13.7. The first-order valence-electron chi connectivity index (χ1n) is 19.8. The smallest absolute Gasteiger partial charge is 0.130 e. The molecule has 0 rings (SSSR count). The number of hydrogen-bond acceptors (Lipinski definition) is 2. The lowest BCUT2D eigenvalue weighted by Crippen LogP contribution is -2.17. The third kappa shape index (κ3) is 42.2. The molecule has 0 aliphatic heterocycles. The third-order valence-electron chi connectivity index (χ3n) is 9.36. The van der Waals surface area contributed by atoms with E-state index in [2.05, 4.69) is 17.9 Å². The van der Waals surface area contributed by atoms with E-state index in [0.29, 0.717) is 10.9 Å². The fraction of sp³-hybridized carbons (Fsp3) is 0.974. The maximum atomic E-state index is 8.80. The van der Waals surface area contributed by atoms with Gasteiger partial charge in [0, 0.05) is 13.2 Å². The first-order chi connectivity index (χ1) is 21.3. The van der Waals surface area contributed by atoms with Gasteiger partial charge >= 0.3 is 0 Å². The van der Waals surface area contributed by atoms with Gasteiger partial charge in [0.15, 0.2) is 0 Å². The zero-order valence-corrected chi connectivity index (χ0v) is 30.9. The van der Waals surface area contributed by atoms with Crippen LogP contribution in [0.25, 0.3) is 0 Å². The van der Waals surface area contributed by atoms with Gasteiger partial charge in [-0.25, -0.2) is 0 Å². The Hall–Kier alpha value is 0.200. The van der Waals surface area contributed by atoms with Gasteiger partial charge in [0.25, 0.3) is 0 Å². The lowest BCUT2D eigenvalue weighted by molar-refractivity contribution is 0.282. The zero-order valence-electron chi connectivity index (χ0n) is 29.2. The number of unbranched alkanes of at least 4 members (excludes halogenated alkanes) is 35. The Morgan fingerprint density at radius 2 is 0.488 bits per heavy atom. The van der Waals surface area contributed by atoms with Crippen molar-refractivity contribution in [1.82, 2.24) is 5.32 Å². The topological polar surface area (TPSA) is 32.3 Å². The molecule has 0 aromatic heterocycles. The van der Waals surface area contributed by atoms with Crippen LogP contribution in [0.4, 0.5) is 0 Å². The average molecular weight is 642 g/mol. The van der Waals surface area contributed by atoms with Crippen LogP contribution in [0.2, 0.25) is 0 Å². The normalized spacial score (nSPS) is 11.4.